The highest BCUT2D eigenvalue weighted by atomic mass is 16.5. The Hall–Kier alpha value is -1.84. The van der Waals surface area contributed by atoms with Crippen LogP contribution in [0, 0.1) is 0 Å². The minimum Gasteiger partial charge on any atom is -0.379 e. The lowest BCUT2D eigenvalue weighted by Crippen LogP contribution is -2.50. The zero-order valence-electron chi connectivity index (χ0n) is 17.4. The number of hydrogen-bond donors (Lipinski definition) is 0. The summed E-state index contributed by atoms with van der Waals surface area (Å²) in [6.07, 6.45) is 6.30. The van der Waals surface area contributed by atoms with Crippen LogP contribution in [-0.4, -0.2) is 50.3 Å². The van der Waals surface area contributed by atoms with Gasteiger partial charge in [-0.15, -0.1) is 0 Å². The summed E-state index contributed by atoms with van der Waals surface area (Å²) < 4.78 is 5.63. The van der Waals surface area contributed by atoms with Crippen LogP contribution in [0.15, 0.2) is 60.7 Å². The van der Waals surface area contributed by atoms with E-state index in [4.69, 9.17) is 4.74 Å². The van der Waals surface area contributed by atoms with Crippen molar-refractivity contribution in [2.24, 2.45) is 0 Å². The van der Waals surface area contributed by atoms with E-state index >= 15 is 0 Å². The van der Waals surface area contributed by atoms with E-state index in [-0.39, 0.29) is 0 Å². The molecule has 0 radical (unpaired) electrons. The smallest absolute Gasteiger partial charge is 0.0594 e. The maximum Gasteiger partial charge on any atom is 0.0594 e. The highest BCUT2D eigenvalue weighted by Crippen LogP contribution is 2.19. The summed E-state index contributed by atoms with van der Waals surface area (Å²) in [6, 6.07) is 22.4. The number of rotatable bonds is 11. The molecule has 3 rings (SSSR count). The van der Waals surface area contributed by atoms with E-state index in [0.29, 0.717) is 6.04 Å². The monoisotopic (exact) mass is 380 g/mol. The molecule has 0 N–H and O–H groups in total. The van der Waals surface area contributed by atoms with Gasteiger partial charge < -0.3 is 9.64 Å². The molecule has 2 aromatic carbocycles. The average Bonchev–Trinajstić information content (AvgIpc) is 2.77. The van der Waals surface area contributed by atoms with Crippen molar-refractivity contribution < 1.29 is 4.74 Å². The number of unbranched alkanes of at least 4 members (excludes halogenated alkanes) is 3. The minimum absolute atomic E-state index is 0.512. The van der Waals surface area contributed by atoms with Gasteiger partial charge in [0.2, 0.25) is 0 Å². The Morgan fingerprint density at radius 1 is 0.893 bits per heavy atom. The summed E-state index contributed by atoms with van der Waals surface area (Å²) >= 11 is 0. The molecule has 28 heavy (non-hydrogen) atoms. The van der Waals surface area contributed by atoms with Gasteiger partial charge in [-0.1, -0.05) is 74.7 Å². The van der Waals surface area contributed by atoms with Crippen molar-refractivity contribution in [2.75, 3.05) is 44.3 Å². The Morgan fingerprint density at radius 3 is 2.25 bits per heavy atom. The van der Waals surface area contributed by atoms with E-state index in [1.807, 2.05) is 0 Å². The van der Waals surface area contributed by atoms with Crippen LogP contribution in [0.5, 0.6) is 0 Å². The van der Waals surface area contributed by atoms with Crippen LogP contribution < -0.4 is 4.90 Å². The van der Waals surface area contributed by atoms with Gasteiger partial charge in [0.1, 0.15) is 0 Å². The molecule has 0 saturated carbocycles. The van der Waals surface area contributed by atoms with Crippen molar-refractivity contribution in [3.05, 3.63) is 66.2 Å². The topological polar surface area (TPSA) is 15.7 Å². The number of nitrogens with zero attached hydrogens (tertiary/aromatic N) is 2. The number of para-hydroxylation sites is 1. The molecule has 1 atom stereocenters. The van der Waals surface area contributed by atoms with Gasteiger partial charge in [-0.25, -0.2) is 0 Å². The first kappa shape index (κ1) is 20.9. The van der Waals surface area contributed by atoms with E-state index in [1.54, 1.807) is 0 Å². The standard InChI is InChI=1S/C25H36N2O/c1-2-3-4-11-16-27(24-14-9-6-10-15-24)22-25(26-17-19-28-20-18-26)21-23-12-7-5-8-13-23/h5-10,12-15,25H,2-4,11,16-22H2,1H3. The zero-order valence-corrected chi connectivity index (χ0v) is 17.4. The Balaban J connectivity index is 1.73. The molecule has 152 valence electrons. The largest absolute Gasteiger partial charge is 0.379 e. The van der Waals surface area contributed by atoms with Gasteiger partial charge >= 0.3 is 0 Å². The van der Waals surface area contributed by atoms with E-state index < -0.39 is 0 Å². The molecular formula is C25H36N2O. The molecule has 2 aromatic rings. The summed E-state index contributed by atoms with van der Waals surface area (Å²) in [5.74, 6) is 0. The SMILES string of the molecule is CCCCCCN(CC(Cc1ccccc1)N1CCOCC1)c1ccccc1. The molecule has 1 aliphatic rings. The highest BCUT2D eigenvalue weighted by molar-refractivity contribution is 5.46. The molecule has 1 aliphatic heterocycles. The van der Waals surface area contributed by atoms with Crippen molar-refractivity contribution >= 4 is 5.69 Å². The maximum atomic E-state index is 5.63. The van der Waals surface area contributed by atoms with Gasteiger partial charge in [0.05, 0.1) is 13.2 Å². The van der Waals surface area contributed by atoms with Crippen LogP contribution in [0.2, 0.25) is 0 Å². The number of ether oxygens (including phenoxy) is 1. The summed E-state index contributed by atoms with van der Waals surface area (Å²) in [5, 5.41) is 0. The molecule has 0 aromatic heterocycles. The number of anilines is 1. The summed E-state index contributed by atoms with van der Waals surface area (Å²) in [7, 11) is 0. The molecular weight excluding hydrogens is 344 g/mol. The molecule has 1 unspecified atom stereocenters. The molecule has 3 nitrogen and oxygen atoms in total. The molecule has 3 heteroatoms. The van der Waals surface area contributed by atoms with Crippen molar-refractivity contribution in [3.63, 3.8) is 0 Å². The van der Waals surface area contributed by atoms with Gasteiger partial charge in [0.25, 0.3) is 0 Å². The summed E-state index contributed by atoms with van der Waals surface area (Å²) in [5.41, 5.74) is 2.78. The van der Waals surface area contributed by atoms with Crippen molar-refractivity contribution in [3.8, 4) is 0 Å². The van der Waals surface area contributed by atoms with E-state index in [1.165, 1.54) is 36.9 Å². The van der Waals surface area contributed by atoms with Gasteiger partial charge in [-0.2, -0.15) is 0 Å². The molecule has 0 amide bonds. The second-order valence-electron chi connectivity index (χ2n) is 7.83. The third kappa shape index (κ3) is 6.65. The van der Waals surface area contributed by atoms with Gasteiger partial charge in [-0.3, -0.25) is 4.90 Å². The predicted octanol–water partition coefficient (Wildman–Crippen LogP) is 5.02. The molecule has 1 fully saturated rings. The van der Waals surface area contributed by atoms with Crippen LogP contribution in [0.25, 0.3) is 0 Å². The fourth-order valence-corrected chi connectivity index (χ4v) is 4.09. The fraction of sp³-hybridized carbons (Fsp3) is 0.520. The van der Waals surface area contributed by atoms with Gasteiger partial charge in [0, 0.05) is 37.9 Å². The first-order chi connectivity index (χ1) is 13.9. The van der Waals surface area contributed by atoms with E-state index in [2.05, 4.69) is 77.4 Å². The lowest BCUT2D eigenvalue weighted by Gasteiger charge is -2.38. The Kier molecular flexibility index (Phi) is 8.86. The predicted molar refractivity (Wildman–Crippen MR) is 119 cm³/mol. The lowest BCUT2D eigenvalue weighted by molar-refractivity contribution is 0.0180. The Morgan fingerprint density at radius 2 is 1.57 bits per heavy atom. The van der Waals surface area contributed by atoms with Crippen molar-refractivity contribution in [1.82, 2.24) is 4.90 Å². The van der Waals surface area contributed by atoms with Crippen LogP contribution >= 0.6 is 0 Å². The highest BCUT2D eigenvalue weighted by Gasteiger charge is 2.24. The minimum atomic E-state index is 0.512. The third-order valence-corrected chi connectivity index (χ3v) is 5.71. The second kappa shape index (κ2) is 11.9. The molecule has 0 spiro atoms. The van der Waals surface area contributed by atoms with Crippen LogP contribution in [0.1, 0.15) is 38.2 Å². The number of hydrogen-bond acceptors (Lipinski definition) is 3. The molecule has 1 heterocycles. The van der Waals surface area contributed by atoms with Crippen molar-refractivity contribution in [1.29, 1.82) is 0 Å². The normalized spacial score (nSPS) is 16.0. The lowest BCUT2D eigenvalue weighted by atomic mass is 10.0. The number of benzene rings is 2. The average molecular weight is 381 g/mol. The second-order valence-corrected chi connectivity index (χ2v) is 7.83. The summed E-state index contributed by atoms with van der Waals surface area (Å²) in [6.45, 7) is 8.28. The third-order valence-electron chi connectivity index (χ3n) is 5.71. The fourth-order valence-electron chi connectivity index (χ4n) is 4.09. The van der Waals surface area contributed by atoms with Gasteiger partial charge in [-0.05, 0) is 30.5 Å². The van der Waals surface area contributed by atoms with E-state index in [9.17, 15) is 0 Å². The van der Waals surface area contributed by atoms with Gasteiger partial charge in [0.15, 0.2) is 0 Å². The van der Waals surface area contributed by atoms with Crippen molar-refractivity contribution in [2.45, 2.75) is 45.1 Å². The zero-order chi connectivity index (χ0) is 19.4. The Labute approximate surface area is 171 Å². The summed E-state index contributed by atoms with van der Waals surface area (Å²) in [4.78, 5) is 5.25. The van der Waals surface area contributed by atoms with Crippen LogP contribution in [0.4, 0.5) is 5.69 Å². The first-order valence-corrected chi connectivity index (χ1v) is 11.0. The molecule has 0 bridgehead atoms. The molecule has 1 saturated heterocycles. The molecule has 0 aliphatic carbocycles. The van der Waals surface area contributed by atoms with Crippen LogP contribution in [-0.2, 0) is 11.2 Å². The number of morpholine rings is 1. The van der Waals surface area contributed by atoms with E-state index in [0.717, 1.165) is 45.8 Å². The first-order valence-electron chi connectivity index (χ1n) is 11.0. The maximum absolute atomic E-state index is 5.63. The quantitative estimate of drug-likeness (QED) is 0.509. The Bertz CT molecular complexity index is 640. The van der Waals surface area contributed by atoms with Crippen LogP contribution in [0.3, 0.4) is 0 Å².